The smallest absolute Gasteiger partial charge is 0.323 e. The summed E-state index contributed by atoms with van der Waals surface area (Å²) in [4.78, 5) is 17.7. The summed E-state index contributed by atoms with van der Waals surface area (Å²) in [5.41, 5.74) is 0. The third kappa shape index (κ3) is 3.91. The number of carbonyl (C=O) groups is 1. The minimum absolute atomic E-state index is 0.0336. The monoisotopic (exact) mass is 317 g/mol. The molecule has 120 valence electrons. The van der Waals surface area contributed by atoms with E-state index in [0.717, 1.165) is 12.8 Å². The molecule has 0 spiro atoms. The number of anilines is 1. The van der Waals surface area contributed by atoms with Gasteiger partial charge in [0, 0.05) is 18.9 Å². The summed E-state index contributed by atoms with van der Waals surface area (Å²) in [6.07, 6.45) is 4.22. The van der Waals surface area contributed by atoms with Gasteiger partial charge in [0.05, 0.1) is 6.54 Å². The number of carbonyl (C=O) groups excluding carboxylic acids is 1. The molecule has 3 heterocycles. The quantitative estimate of drug-likeness (QED) is 0.937. The number of ether oxygens (including phenoxy) is 1. The topological polar surface area (TPSA) is 80.2 Å². The number of rotatable bonds is 3. The van der Waals surface area contributed by atoms with Gasteiger partial charge < -0.3 is 9.64 Å². The average Bonchev–Trinajstić information content (AvgIpc) is 2.58. The van der Waals surface area contributed by atoms with Crippen molar-refractivity contribution in [3.63, 3.8) is 0 Å². The Bertz CT molecular complexity index is 670. The Morgan fingerprint density at radius 3 is 3.00 bits per heavy atom. The summed E-state index contributed by atoms with van der Waals surface area (Å²) in [5, 5.41) is 10.2. The standard InChI is InChI=1S/C15H16FN5O2/c16-12-5-1-7-17-14(12)23-11-4-3-9-21(10-11)15(22)19-13-6-2-8-18-20-13/h1-2,5-8,11H,3-4,9-10H2,(H,19,20,22)/t11-/m1/s1. The van der Waals surface area contributed by atoms with Gasteiger partial charge in [0.2, 0.25) is 0 Å². The molecule has 1 atom stereocenters. The van der Waals surface area contributed by atoms with Gasteiger partial charge in [-0.2, -0.15) is 5.10 Å². The summed E-state index contributed by atoms with van der Waals surface area (Å²) in [7, 11) is 0. The molecular weight excluding hydrogens is 301 g/mol. The molecule has 1 N–H and O–H groups in total. The van der Waals surface area contributed by atoms with Gasteiger partial charge in [0.25, 0.3) is 5.88 Å². The van der Waals surface area contributed by atoms with Gasteiger partial charge in [-0.25, -0.2) is 14.2 Å². The van der Waals surface area contributed by atoms with Crippen LogP contribution in [-0.2, 0) is 0 Å². The molecular formula is C15H16FN5O2. The normalized spacial score (nSPS) is 17.6. The Hall–Kier alpha value is -2.77. The van der Waals surface area contributed by atoms with Crippen molar-refractivity contribution in [1.82, 2.24) is 20.1 Å². The van der Waals surface area contributed by atoms with E-state index >= 15 is 0 Å². The number of hydrogen-bond donors (Lipinski definition) is 1. The van der Waals surface area contributed by atoms with E-state index in [4.69, 9.17) is 4.74 Å². The summed E-state index contributed by atoms with van der Waals surface area (Å²) in [5.74, 6) is -0.154. The number of aromatic nitrogens is 3. The maximum atomic E-state index is 13.6. The van der Waals surface area contributed by atoms with E-state index in [9.17, 15) is 9.18 Å². The third-order valence-electron chi connectivity index (χ3n) is 3.48. The van der Waals surface area contributed by atoms with Crippen molar-refractivity contribution in [1.29, 1.82) is 0 Å². The van der Waals surface area contributed by atoms with Gasteiger partial charge in [-0.1, -0.05) is 0 Å². The second-order valence-electron chi connectivity index (χ2n) is 5.16. The van der Waals surface area contributed by atoms with Gasteiger partial charge in [-0.15, -0.1) is 5.10 Å². The molecule has 0 aromatic carbocycles. The number of amides is 2. The first-order valence-corrected chi connectivity index (χ1v) is 7.33. The first kappa shape index (κ1) is 15.1. The predicted octanol–water partition coefficient (Wildman–Crippen LogP) is 2.09. The summed E-state index contributed by atoms with van der Waals surface area (Å²) >= 11 is 0. The van der Waals surface area contributed by atoms with E-state index in [1.54, 1.807) is 17.0 Å². The van der Waals surface area contributed by atoms with Crippen LogP contribution < -0.4 is 10.1 Å². The number of nitrogens with one attached hydrogen (secondary N) is 1. The van der Waals surface area contributed by atoms with Crippen molar-refractivity contribution in [2.75, 3.05) is 18.4 Å². The first-order chi connectivity index (χ1) is 11.2. The average molecular weight is 317 g/mol. The minimum Gasteiger partial charge on any atom is -0.470 e. The van der Waals surface area contributed by atoms with Gasteiger partial charge in [-0.3, -0.25) is 5.32 Å². The Kier molecular flexibility index (Phi) is 4.60. The lowest BCUT2D eigenvalue weighted by Crippen LogP contribution is -2.46. The number of urea groups is 1. The number of halogens is 1. The molecule has 1 fully saturated rings. The van der Waals surface area contributed by atoms with E-state index in [-0.39, 0.29) is 18.0 Å². The zero-order chi connectivity index (χ0) is 16.1. The largest absolute Gasteiger partial charge is 0.470 e. The highest BCUT2D eigenvalue weighted by Gasteiger charge is 2.26. The minimum atomic E-state index is -0.506. The lowest BCUT2D eigenvalue weighted by Gasteiger charge is -2.32. The number of piperidine rings is 1. The number of pyridine rings is 1. The Labute approximate surface area is 132 Å². The SMILES string of the molecule is O=C(Nc1cccnn1)N1CCC[C@@H](Oc2ncccc2F)C1. The van der Waals surface area contributed by atoms with Crippen LogP contribution >= 0.6 is 0 Å². The van der Waals surface area contributed by atoms with Crippen LogP contribution in [0.5, 0.6) is 5.88 Å². The molecule has 2 aromatic rings. The van der Waals surface area contributed by atoms with Crippen molar-refractivity contribution < 1.29 is 13.9 Å². The molecule has 8 heteroatoms. The zero-order valence-corrected chi connectivity index (χ0v) is 12.4. The fourth-order valence-electron chi connectivity index (χ4n) is 2.39. The molecule has 0 aliphatic carbocycles. The van der Waals surface area contributed by atoms with E-state index < -0.39 is 5.82 Å². The summed E-state index contributed by atoms with van der Waals surface area (Å²) < 4.78 is 19.2. The van der Waals surface area contributed by atoms with Crippen molar-refractivity contribution >= 4 is 11.8 Å². The maximum absolute atomic E-state index is 13.6. The fourth-order valence-corrected chi connectivity index (χ4v) is 2.39. The number of likely N-dealkylation sites (tertiary alicyclic amines) is 1. The van der Waals surface area contributed by atoms with E-state index in [2.05, 4.69) is 20.5 Å². The molecule has 0 bridgehead atoms. The first-order valence-electron chi connectivity index (χ1n) is 7.33. The molecule has 2 amide bonds. The van der Waals surface area contributed by atoms with Crippen LogP contribution in [0.4, 0.5) is 15.0 Å². The molecule has 1 saturated heterocycles. The summed E-state index contributed by atoms with van der Waals surface area (Å²) in [6.45, 7) is 0.971. The molecule has 2 aromatic heterocycles. The van der Waals surface area contributed by atoms with E-state index in [1.807, 2.05) is 0 Å². The second-order valence-corrected chi connectivity index (χ2v) is 5.16. The third-order valence-corrected chi connectivity index (χ3v) is 3.48. The fraction of sp³-hybridized carbons (Fsp3) is 0.333. The van der Waals surface area contributed by atoms with Crippen LogP contribution in [0.1, 0.15) is 12.8 Å². The van der Waals surface area contributed by atoms with Crippen LogP contribution in [0.25, 0.3) is 0 Å². The summed E-state index contributed by atoms with van der Waals surface area (Å²) in [6, 6.07) is 5.87. The van der Waals surface area contributed by atoms with Gasteiger partial charge in [-0.05, 0) is 37.1 Å². The van der Waals surface area contributed by atoms with Gasteiger partial charge >= 0.3 is 6.03 Å². The molecule has 3 rings (SSSR count). The van der Waals surface area contributed by atoms with Crippen molar-refractivity contribution in [3.8, 4) is 5.88 Å². The van der Waals surface area contributed by atoms with Crippen LogP contribution in [0, 0.1) is 5.82 Å². The Balaban J connectivity index is 1.59. The molecule has 0 unspecified atom stereocenters. The molecule has 23 heavy (non-hydrogen) atoms. The zero-order valence-electron chi connectivity index (χ0n) is 12.4. The van der Waals surface area contributed by atoms with Crippen molar-refractivity contribution in [2.45, 2.75) is 18.9 Å². The van der Waals surface area contributed by atoms with Crippen LogP contribution in [0.15, 0.2) is 36.7 Å². The maximum Gasteiger partial charge on any atom is 0.323 e. The molecule has 0 radical (unpaired) electrons. The highest BCUT2D eigenvalue weighted by Crippen LogP contribution is 2.19. The number of nitrogens with zero attached hydrogens (tertiary/aromatic N) is 4. The molecule has 1 aliphatic rings. The van der Waals surface area contributed by atoms with Crippen LogP contribution in [0.3, 0.4) is 0 Å². The van der Waals surface area contributed by atoms with Gasteiger partial charge in [0.15, 0.2) is 11.6 Å². The highest BCUT2D eigenvalue weighted by atomic mass is 19.1. The molecule has 0 saturated carbocycles. The van der Waals surface area contributed by atoms with Crippen LogP contribution in [0.2, 0.25) is 0 Å². The second kappa shape index (κ2) is 6.99. The molecule has 7 nitrogen and oxygen atoms in total. The molecule has 1 aliphatic heterocycles. The Morgan fingerprint density at radius 1 is 1.35 bits per heavy atom. The Morgan fingerprint density at radius 2 is 2.22 bits per heavy atom. The predicted molar refractivity (Wildman–Crippen MR) is 80.5 cm³/mol. The van der Waals surface area contributed by atoms with Gasteiger partial charge in [0.1, 0.15) is 6.10 Å². The van der Waals surface area contributed by atoms with E-state index in [1.165, 1.54) is 24.5 Å². The number of hydrogen-bond acceptors (Lipinski definition) is 5. The van der Waals surface area contributed by atoms with Crippen LogP contribution in [-0.4, -0.2) is 45.3 Å². The van der Waals surface area contributed by atoms with E-state index in [0.29, 0.717) is 18.9 Å². The van der Waals surface area contributed by atoms with Crippen molar-refractivity contribution in [3.05, 3.63) is 42.5 Å². The highest BCUT2D eigenvalue weighted by molar-refractivity contribution is 5.88. The lowest BCUT2D eigenvalue weighted by molar-refractivity contribution is 0.0986. The lowest BCUT2D eigenvalue weighted by atomic mass is 10.1. The van der Waals surface area contributed by atoms with Crippen molar-refractivity contribution in [2.24, 2.45) is 0 Å².